The molecule has 3 rings (SSSR count). The predicted octanol–water partition coefficient (Wildman–Crippen LogP) is 3.54. The van der Waals surface area contributed by atoms with Crippen molar-refractivity contribution < 1.29 is 14.3 Å². The Morgan fingerprint density at radius 2 is 2.28 bits per heavy atom. The summed E-state index contributed by atoms with van der Waals surface area (Å²) in [6.45, 7) is 4.56. The number of rotatable bonds is 6. The summed E-state index contributed by atoms with van der Waals surface area (Å²) < 4.78 is 7.82. The molecule has 2 aromatic heterocycles. The standard InChI is InChI=1S/C20H26N2O3/c1-15-9-13-25-19(15)17(18-8-5-10-21(18)2)7-4-12-22-11-3-6-16(14-22)20(23)24/h5,7-10,13,16H,3-4,6,11-12,14H2,1-2H3,(H,23,24). The molecule has 1 aliphatic heterocycles. The number of piperidine rings is 1. The first kappa shape index (κ1) is 17.5. The van der Waals surface area contributed by atoms with Gasteiger partial charge in [0.15, 0.2) is 0 Å². The van der Waals surface area contributed by atoms with Crippen LogP contribution in [0.1, 0.15) is 36.3 Å². The van der Waals surface area contributed by atoms with Crippen LogP contribution in [0.4, 0.5) is 0 Å². The lowest BCUT2D eigenvalue weighted by Crippen LogP contribution is -2.39. The van der Waals surface area contributed by atoms with Crippen molar-refractivity contribution in [2.45, 2.75) is 26.2 Å². The average molecular weight is 342 g/mol. The SMILES string of the molecule is Cc1ccoc1C(=CCCN1CCCC(C(=O)O)C1)c1cccn1C. The molecule has 1 unspecified atom stereocenters. The molecule has 5 nitrogen and oxygen atoms in total. The van der Waals surface area contributed by atoms with Crippen LogP contribution in [0.3, 0.4) is 0 Å². The molecule has 2 aromatic rings. The van der Waals surface area contributed by atoms with Crippen LogP contribution in [0.2, 0.25) is 0 Å². The van der Waals surface area contributed by atoms with Crippen LogP contribution < -0.4 is 0 Å². The summed E-state index contributed by atoms with van der Waals surface area (Å²) in [6.07, 6.45) is 8.59. The third-order valence-electron chi connectivity index (χ3n) is 4.97. The Hall–Kier alpha value is -2.27. The molecule has 0 saturated carbocycles. The van der Waals surface area contributed by atoms with Crippen molar-refractivity contribution >= 4 is 11.5 Å². The van der Waals surface area contributed by atoms with E-state index >= 15 is 0 Å². The van der Waals surface area contributed by atoms with Crippen LogP contribution in [0.15, 0.2) is 41.2 Å². The molecule has 0 aliphatic carbocycles. The summed E-state index contributed by atoms with van der Waals surface area (Å²) in [5.41, 5.74) is 3.35. The molecule has 0 spiro atoms. The van der Waals surface area contributed by atoms with Gasteiger partial charge in [-0.25, -0.2) is 0 Å². The highest BCUT2D eigenvalue weighted by atomic mass is 16.4. The fourth-order valence-electron chi connectivity index (χ4n) is 3.55. The average Bonchev–Trinajstić information content (AvgIpc) is 3.21. The van der Waals surface area contributed by atoms with Crippen LogP contribution in [0.5, 0.6) is 0 Å². The first-order chi connectivity index (χ1) is 12.1. The van der Waals surface area contributed by atoms with Gasteiger partial charge in [0.25, 0.3) is 0 Å². The third kappa shape index (κ3) is 4.04. The summed E-state index contributed by atoms with van der Waals surface area (Å²) >= 11 is 0. The highest BCUT2D eigenvalue weighted by molar-refractivity contribution is 5.77. The normalized spacial score (nSPS) is 19.3. The molecule has 1 fully saturated rings. The number of furan rings is 1. The fourth-order valence-corrected chi connectivity index (χ4v) is 3.55. The largest absolute Gasteiger partial charge is 0.481 e. The highest BCUT2D eigenvalue weighted by Gasteiger charge is 2.24. The lowest BCUT2D eigenvalue weighted by Gasteiger charge is -2.30. The number of nitrogens with zero attached hydrogens (tertiary/aromatic N) is 2. The van der Waals surface area contributed by atoms with Crippen molar-refractivity contribution in [3.8, 4) is 0 Å². The maximum atomic E-state index is 11.2. The molecule has 3 heterocycles. The van der Waals surface area contributed by atoms with Gasteiger partial charge in [-0.15, -0.1) is 0 Å². The fraction of sp³-hybridized carbons (Fsp3) is 0.450. The zero-order chi connectivity index (χ0) is 17.8. The molecule has 1 saturated heterocycles. The van der Waals surface area contributed by atoms with Gasteiger partial charge in [0.1, 0.15) is 5.76 Å². The molecule has 1 aliphatic rings. The van der Waals surface area contributed by atoms with Gasteiger partial charge in [-0.3, -0.25) is 4.79 Å². The van der Waals surface area contributed by atoms with Crippen molar-refractivity contribution in [2.24, 2.45) is 13.0 Å². The maximum absolute atomic E-state index is 11.2. The summed E-state index contributed by atoms with van der Waals surface area (Å²) in [7, 11) is 2.03. The number of aliphatic carboxylic acids is 1. The topological polar surface area (TPSA) is 58.6 Å². The summed E-state index contributed by atoms with van der Waals surface area (Å²) in [5.74, 6) is 0.0113. The van der Waals surface area contributed by atoms with Crippen LogP contribution in [-0.2, 0) is 11.8 Å². The molecular formula is C20H26N2O3. The quantitative estimate of drug-likeness (QED) is 0.872. The van der Waals surface area contributed by atoms with E-state index in [2.05, 4.69) is 28.5 Å². The van der Waals surface area contributed by atoms with Crippen molar-refractivity contribution in [3.63, 3.8) is 0 Å². The Labute approximate surface area is 148 Å². The Morgan fingerprint density at radius 1 is 1.44 bits per heavy atom. The Morgan fingerprint density at radius 3 is 2.92 bits per heavy atom. The van der Waals surface area contributed by atoms with Crippen molar-refractivity contribution in [3.05, 3.63) is 53.8 Å². The zero-order valence-electron chi connectivity index (χ0n) is 14.9. The number of likely N-dealkylation sites (tertiary alicyclic amines) is 1. The van der Waals surface area contributed by atoms with Crippen LogP contribution in [0.25, 0.3) is 5.57 Å². The maximum Gasteiger partial charge on any atom is 0.307 e. The molecule has 25 heavy (non-hydrogen) atoms. The number of hydrogen-bond donors (Lipinski definition) is 1. The van der Waals surface area contributed by atoms with Gasteiger partial charge in [-0.1, -0.05) is 6.08 Å². The molecule has 0 radical (unpaired) electrons. The minimum Gasteiger partial charge on any atom is -0.481 e. The van der Waals surface area contributed by atoms with Crippen LogP contribution >= 0.6 is 0 Å². The molecule has 0 bridgehead atoms. The Balaban J connectivity index is 1.73. The Bertz CT molecular complexity index is 714. The third-order valence-corrected chi connectivity index (χ3v) is 4.97. The number of carboxylic acid groups (broad SMARTS) is 1. The molecule has 1 atom stereocenters. The van der Waals surface area contributed by atoms with Crippen LogP contribution in [-0.4, -0.2) is 40.2 Å². The molecule has 5 heteroatoms. The second-order valence-electron chi connectivity index (χ2n) is 6.82. The van der Waals surface area contributed by atoms with Gasteiger partial charge in [0.2, 0.25) is 0 Å². The zero-order valence-corrected chi connectivity index (χ0v) is 14.9. The van der Waals surface area contributed by atoms with E-state index in [1.807, 2.05) is 25.4 Å². The number of carbonyl (C=O) groups is 1. The molecule has 0 amide bonds. The van der Waals surface area contributed by atoms with Crippen LogP contribution in [0, 0.1) is 12.8 Å². The van der Waals surface area contributed by atoms with Gasteiger partial charge in [0.05, 0.1) is 17.9 Å². The summed E-state index contributed by atoms with van der Waals surface area (Å²) in [5, 5.41) is 9.23. The monoisotopic (exact) mass is 342 g/mol. The van der Waals surface area contributed by atoms with E-state index in [1.165, 1.54) is 0 Å². The van der Waals surface area contributed by atoms with E-state index in [4.69, 9.17) is 4.42 Å². The van der Waals surface area contributed by atoms with Crippen molar-refractivity contribution in [1.82, 2.24) is 9.47 Å². The van der Waals surface area contributed by atoms with E-state index in [0.717, 1.165) is 54.9 Å². The molecule has 1 N–H and O–H groups in total. The van der Waals surface area contributed by atoms with Crippen molar-refractivity contribution in [2.75, 3.05) is 19.6 Å². The number of carboxylic acids is 1. The van der Waals surface area contributed by atoms with Crippen molar-refractivity contribution in [1.29, 1.82) is 0 Å². The van der Waals surface area contributed by atoms with Gasteiger partial charge < -0.3 is 19.0 Å². The van der Waals surface area contributed by atoms with E-state index in [-0.39, 0.29) is 5.92 Å². The number of hydrogen-bond acceptors (Lipinski definition) is 3. The predicted molar refractivity (Wildman–Crippen MR) is 97.4 cm³/mol. The van der Waals surface area contributed by atoms with E-state index in [9.17, 15) is 9.90 Å². The number of aryl methyl sites for hydroxylation is 2. The molecule has 0 aromatic carbocycles. The molecule has 134 valence electrons. The van der Waals surface area contributed by atoms with Gasteiger partial charge in [-0.2, -0.15) is 0 Å². The van der Waals surface area contributed by atoms with Gasteiger partial charge >= 0.3 is 5.97 Å². The van der Waals surface area contributed by atoms with E-state index in [1.54, 1.807) is 6.26 Å². The van der Waals surface area contributed by atoms with Gasteiger partial charge in [0, 0.05) is 31.9 Å². The second kappa shape index (κ2) is 7.74. The second-order valence-corrected chi connectivity index (χ2v) is 6.82. The van der Waals surface area contributed by atoms with E-state index in [0.29, 0.717) is 6.54 Å². The van der Waals surface area contributed by atoms with Gasteiger partial charge in [-0.05, 0) is 56.5 Å². The first-order valence-corrected chi connectivity index (χ1v) is 8.87. The summed E-state index contributed by atoms with van der Waals surface area (Å²) in [6, 6.07) is 6.10. The van der Waals surface area contributed by atoms with E-state index < -0.39 is 5.97 Å². The number of aromatic nitrogens is 1. The minimum atomic E-state index is -0.670. The summed E-state index contributed by atoms with van der Waals surface area (Å²) in [4.78, 5) is 13.5. The first-order valence-electron chi connectivity index (χ1n) is 8.87. The lowest BCUT2D eigenvalue weighted by molar-refractivity contribution is -0.143. The Kier molecular flexibility index (Phi) is 5.43. The highest BCUT2D eigenvalue weighted by Crippen LogP contribution is 2.27. The lowest BCUT2D eigenvalue weighted by atomic mass is 9.98. The minimum absolute atomic E-state index is 0.225. The molecular weight excluding hydrogens is 316 g/mol. The smallest absolute Gasteiger partial charge is 0.307 e.